The molecule has 158 valence electrons. The van der Waals surface area contributed by atoms with E-state index in [0.717, 1.165) is 21.3 Å². The Bertz CT molecular complexity index is 1150. The molecule has 1 N–H and O–H groups in total. The van der Waals surface area contributed by atoms with E-state index in [4.69, 9.17) is 19.7 Å². The van der Waals surface area contributed by atoms with Crippen molar-refractivity contribution in [1.82, 2.24) is 5.06 Å². The van der Waals surface area contributed by atoms with Crippen molar-refractivity contribution >= 4 is 39.6 Å². The van der Waals surface area contributed by atoms with Gasteiger partial charge in [0, 0.05) is 6.08 Å². The molecule has 0 saturated heterocycles. The lowest BCUT2D eigenvalue weighted by atomic mass is 10.1. The molecule has 2 aliphatic heterocycles. The number of amides is 1. The molecular weight excluding hydrogens is 462 g/mol. The number of ether oxygens (including phenoxy) is 2. The van der Waals surface area contributed by atoms with Crippen LogP contribution in [0.1, 0.15) is 18.1 Å². The fourth-order valence-electron chi connectivity index (χ4n) is 3.11. The van der Waals surface area contributed by atoms with Crippen LogP contribution in [0.5, 0.6) is 11.5 Å². The molecule has 2 heterocycles. The first kappa shape index (κ1) is 20.9. The van der Waals surface area contributed by atoms with Gasteiger partial charge in [0.05, 0.1) is 10.0 Å². The lowest BCUT2D eigenvalue weighted by Crippen LogP contribution is -2.38. The van der Waals surface area contributed by atoms with Crippen molar-refractivity contribution in [3.05, 3.63) is 75.5 Å². The van der Waals surface area contributed by atoms with Crippen LogP contribution in [0.15, 0.2) is 69.3 Å². The summed E-state index contributed by atoms with van der Waals surface area (Å²) in [6.07, 6.45) is 3.23. The number of rotatable bonds is 6. The summed E-state index contributed by atoms with van der Waals surface area (Å²) < 4.78 is 12.3. The Morgan fingerprint density at radius 2 is 1.87 bits per heavy atom. The first-order valence-electron chi connectivity index (χ1n) is 9.63. The lowest BCUT2D eigenvalue weighted by molar-refractivity contribution is -0.114. The number of hydroxylamine groups is 2. The number of para-hydroxylation sites is 1. The van der Waals surface area contributed by atoms with E-state index in [1.807, 2.05) is 43.3 Å². The summed E-state index contributed by atoms with van der Waals surface area (Å²) in [5.74, 6) is 1.87. The highest BCUT2D eigenvalue weighted by Gasteiger charge is 2.34. The summed E-state index contributed by atoms with van der Waals surface area (Å²) >= 11 is 3.50. The van der Waals surface area contributed by atoms with Gasteiger partial charge in [0.15, 0.2) is 11.7 Å². The molecule has 0 unspecified atom stereocenters. The number of benzene rings is 2. The Balaban J connectivity index is 1.40. The summed E-state index contributed by atoms with van der Waals surface area (Å²) in [4.78, 5) is 21.8. The highest BCUT2D eigenvalue weighted by Crippen LogP contribution is 2.29. The number of nitrogens with one attached hydrogen (secondary N) is 1. The average Bonchev–Trinajstić information content (AvgIpc) is 3.11. The molecule has 2 aromatic rings. The molecule has 0 radical (unpaired) electrons. The van der Waals surface area contributed by atoms with Gasteiger partial charge in [-0.15, -0.1) is 5.06 Å². The van der Waals surface area contributed by atoms with Crippen molar-refractivity contribution in [2.75, 3.05) is 13.2 Å². The van der Waals surface area contributed by atoms with Gasteiger partial charge in [-0.3, -0.25) is 10.2 Å². The Morgan fingerprint density at radius 1 is 1.13 bits per heavy atom. The van der Waals surface area contributed by atoms with E-state index in [2.05, 4.69) is 20.9 Å². The Labute approximate surface area is 188 Å². The van der Waals surface area contributed by atoms with Crippen LogP contribution in [0.4, 0.5) is 0 Å². The van der Waals surface area contributed by atoms with Gasteiger partial charge in [-0.1, -0.05) is 24.3 Å². The maximum atomic E-state index is 12.4. The van der Waals surface area contributed by atoms with Crippen LogP contribution in [0, 0.1) is 12.3 Å². The predicted molar refractivity (Wildman–Crippen MR) is 121 cm³/mol. The number of carbonyl (C=O) groups excluding carboxylic acids is 1. The highest BCUT2D eigenvalue weighted by molar-refractivity contribution is 9.10. The molecule has 7 nitrogen and oxygen atoms in total. The van der Waals surface area contributed by atoms with Crippen molar-refractivity contribution in [2.24, 2.45) is 4.99 Å². The van der Waals surface area contributed by atoms with Crippen LogP contribution in [0.25, 0.3) is 6.08 Å². The number of halogens is 1. The Morgan fingerprint density at radius 3 is 2.61 bits per heavy atom. The second-order valence-electron chi connectivity index (χ2n) is 6.97. The van der Waals surface area contributed by atoms with Gasteiger partial charge in [-0.25, -0.2) is 0 Å². The number of allylic oxidation sites excluding steroid dienone is 1. The number of carbonyl (C=O) groups is 1. The first-order chi connectivity index (χ1) is 14.9. The number of hydrogen-bond acceptors (Lipinski definition) is 5. The van der Waals surface area contributed by atoms with Crippen molar-refractivity contribution in [1.29, 1.82) is 5.41 Å². The van der Waals surface area contributed by atoms with Crippen LogP contribution in [-0.4, -0.2) is 35.9 Å². The number of amidine groups is 2. The second-order valence-corrected chi connectivity index (χ2v) is 7.83. The predicted octanol–water partition coefficient (Wildman–Crippen LogP) is 4.67. The van der Waals surface area contributed by atoms with Gasteiger partial charge >= 0.3 is 0 Å². The maximum Gasteiger partial charge on any atom is 0.282 e. The van der Waals surface area contributed by atoms with Crippen molar-refractivity contribution in [3.8, 4) is 11.5 Å². The summed E-state index contributed by atoms with van der Waals surface area (Å²) in [6, 6.07) is 13.3. The summed E-state index contributed by atoms with van der Waals surface area (Å²) in [7, 11) is 0. The number of nitrogens with zero attached hydrogens (tertiary/aromatic N) is 2. The van der Waals surface area contributed by atoms with Crippen molar-refractivity contribution in [3.63, 3.8) is 0 Å². The largest absolute Gasteiger partial charge is 0.490 e. The molecular formula is C23H20BrN3O4. The van der Waals surface area contributed by atoms with E-state index >= 15 is 0 Å². The average molecular weight is 482 g/mol. The lowest BCUT2D eigenvalue weighted by Gasteiger charge is -2.23. The molecule has 0 atom stereocenters. The zero-order valence-electron chi connectivity index (χ0n) is 17.0. The van der Waals surface area contributed by atoms with Gasteiger partial charge in [0.25, 0.3) is 5.91 Å². The van der Waals surface area contributed by atoms with Crippen LogP contribution in [0.2, 0.25) is 0 Å². The zero-order chi connectivity index (χ0) is 22.0. The quantitative estimate of drug-likeness (QED) is 0.478. The summed E-state index contributed by atoms with van der Waals surface area (Å²) in [6.45, 7) is 4.53. The van der Waals surface area contributed by atoms with Crippen LogP contribution >= 0.6 is 15.9 Å². The molecule has 0 spiro atoms. The third kappa shape index (κ3) is 4.54. The van der Waals surface area contributed by atoms with Crippen molar-refractivity contribution in [2.45, 2.75) is 13.8 Å². The molecule has 2 aromatic carbocycles. The molecule has 0 saturated carbocycles. The van der Waals surface area contributed by atoms with Gasteiger partial charge in [-0.2, -0.15) is 4.99 Å². The molecule has 0 aromatic heterocycles. The minimum Gasteiger partial charge on any atom is -0.490 e. The van der Waals surface area contributed by atoms with Gasteiger partial charge in [0.1, 0.15) is 30.5 Å². The number of aryl methyl sites for hydroxylation is 1. The molecule has 0 fully saturated rings. The van der Waals surface area contributed by atoms with E-state index in [1.165, 1.54) is 5.06 Å². The zero-order valence-corrected chi connectivity index (χ0v) is 18.6. The molecule has 31 heavy (non-hydrogen) atoms. The van der Waals surface area contributed by atoms with Crippen molar-refractivity contribution < 1.29 is 19.1 Å². The molecule has 1 amide bonds. The minimum absolute atomic E-state index is 0.0482. The Hall–Kier alpha value is -3.39. The normalized spacial score (nSPS) is 16.6. The third-order valence-electron chi connectivity index (χ3n) is 4.64. The monoisotopic (exact) mass is 481 g/mol. The van der Waals surface area contributed by atoms with Gasteiger partial charge in [0.2, 0.25) is 0 Å². The second kappa shape index (κ2) is 8.77. The first-order valence-corrected chi connectivity index (χ1v) is 10.4. The van der Waals surface area contributed by atoms with Crippen LogP contribution < -0.4 is 9.47 Å². The number of aliphatic imine (C=N–C) groups is 1. The SMILES string of the molecule is CC1=CC2=NC(=O)/C(=C\c3ccc(OCCOc4ccccc4C)c(Br)c3)C(=N)N2O1. The summed E-state index contributed by atoms with van der Waals surface area (Å²) in [5, 5.41) is 9.52. The van der Waals surface area contributed by atoms with Crippen LogP contribution in [-0.2, 0) is 9.63 Å². The van der Waals surface area contributed by atoms with E-state index in [9.17, 15) is 4.79 Å². The topological polar surface area (TPSA) is 84.2 Å². The maximum absolute atomic E-state index is 12.4. The standard InChI is InChI=1S/C23H20BrN3O4/c1-14-5-3-4-6-19(14)29-9-10-30-20-8-7-16(13-18(20)24)12-17-22(25)27-21(26-23(17)28)11-15(2)31-27/h3-8,11-13,25H,9-10H2,1-2H3/b17-12-,25-22?. The van der Waals surface area contributed by atoms with Gasteiger partial charge < -0.3 is 14.3 Å². The number of hydrogen-bond donors (Lipinski definition) is 1. The minimum atomic E-state index is -0.476. The molecule has 0 bridgehead atoms. The molecule has 2 aliphatic rings. The van der Waals surface area contributed by atoms with Crippen LogP contribution in [0.3, 0.4) is 0 Å². The highest BCUT2D eigenvalue weighted by atomic mass is 79.9. The fourth-order valence-corrected chi connectivity index (χ4v) is 3.62. The molecule has 8 heteroatoms. The Kier molecular flexibility index (Phi) is 5.90. The van der Waals surface area contributed by atoms with E-state index in [-0.39, 0.29) is 11.4 Å². The fraction of sp³-hybridized carbons (Fsp3) is 0.174. The molecule has 4 rings (SSSR count). The van der Waals surface area contributed by atoms with E-state index in [0.29, 0.717) is 30.6 Å². The van der Waals surface area contributed by atoms with Gasteiger partial charge in [-0.05, 0) is 65.2 Å². The van der Waals surface area contributed by atoms with E-state index < -0.39 is 5.91 Å². The number of fused-ring (bicyclic) bond motifs is 1. The summed E-state index contributed by atoms with van der Waals surface area (Å²) in [5.41, 5.74) is 1.95. The third-order valence-corrected chi connectivity index (χ3v) is 5.26. The van der Waals surface area contributed by atoms with E-state index in [1.54, 1.807) is 25.1 Å². The molecule has 0 aliphatic carbocycles. The smallest absolute Gasteiger partial charge is 0.282 e.